The third kappa shape index (κ3) is 10.7. The molecule has 0 unspecified atom stereocenters. The molecule has 3 atom stereocenters. The highest BCUT2D eigenvalue weighted by Gasteiger charge is 2.44. The van der Waals surface area contributed by atoms with Crippen LogP contribution in [0.5, 0.6) is 0 Å². The normalized spacial score (nSPS) is 17.4. The maximum Gasteiger partial charge on any atom is 0.417 e. The first kappa shape index (κ1) is 36.2. The van der Waals surface area contributed by atoms with Crippen molar-refractivity contribution < 1.29 is 37.5 Å². The number of allylic oxidation sites excluding steroid dienone is 1. The van der Waals surface area contributed by atoms with Crippen molar-refractivity contribution in [3.05, 3.63) is 83.9 Å². The predicted molar refractivity (Wildman–Crippen MR) is 174 cm³/mol. The number of carbonyl (C=O) groups is 3. The first-order valence-corrected chi connectivity index (χ1v) is 16.9. The number of imide groups is 1. The minimum absolute atomic E-state index is 0.00846. The summed E-state index contributed by atoms with van der Waals surface area (Å²) in [5.74, 6) is -2.81. The monoisotopic (exact) mass is 641 g/mol. The molecule has 0 aromatic heterocycles. The highest BCUT2D eigenvalue weighted by atomic mass is 31.2. The Bertz CT molecular complexity index is 1380. The first-order valence-electron chi connectivity index (χ1n) is 15.2. The Morgan fingerprint density at radius 1 is 0.933 bits per heavy atom. The molecule has 0 bridgehead atoms. The van der Waals surface area contributed by atoms with Crippen molar-refractivity contribution in [2.24, 2.45) is 5.92 Å². The molecule has 9 nitrogen and oxygen atoms in total. The second-order valence-corrected chi connectivity index (χ2v) is 16.2. The molecular formula is C35H48NO8P. The van der Waals surface area contributed by atoms with Crippen LogP contribution in [0.2, 0.25) is 0 Å². The van der Waals surface area contributed by atoms with Crippen LogP contribution in [0.3, 0.4) is 0 Å². The van der Waals surface area contributed by atoms with Crippen molar-refractivity contribution in [2.45, 2.75) is 104 Å². The van der Waals surface area contributed by atoms with E-state index in [0.717, 1.165) is 10.5 Å². The number of carbonyl (C=O) groups excluding carboxylic acids is 3. The molecule has 45 heavy (non-hydrogen) atoms. The minimum Gasteiger partial charge on any atom is -0.460 e. The van der Waals surface area contributed by atoms with Gasteiger partial charge >= 0.3 is 19.7 Å². The lowest BCUT2D eigenvalue weighted by molar-refractivity contribution is -0.158. The molecule has 1 heterocycles. The van der Waals surface area contributed by atoms with Gasteiger partial charge in [-0.2, -0.15) is 0 Å². The van der Waals surface area contributed by atoms with E-state index in [2.05, 4.69) is 6.58 Å². The fourth-order valence-electron chi connectivity index (χ4n) is 5.21. The Morgan fingerprint density at radius 2 is 1.49 bits per heavy atom. The third-order valence-corrected chi connectivity index (χ3v) is 9.08. The van der Waals surface area contributed by atoms with Gasteiger partial charge in [0.05, 0.1) is 29.7 Å². The molecule has 0 saturated carbocycles. The van der Waals surface area contributed by atoms with E-state index in [4.69, 9.17) is 18.5 Å². The number of hydrogen-bond donors (Lipinski definition) is 0. The summed E-state index contributed by atoms with van der Waals surface area (Å²) in [7, 11) is -3.55. The molecule has 2 amide bonds. The number of amides is 2. The van der Waals surface area contributed by atoms with Crippen LogP contribution in [0, 0.1) is 5.92 Å². The summed E-state index contributed by atoms with van der Waals surface area (Å²) in [6.07, 6.45) is 0.583. The number of cyclic esters (lactones) is 1. The van der Waals surface area contributed by atoms with Crippen molar-refractivity contribution in [3.8, 4) is 0 Å². The zero-order valence-corrected chi connectivity index (χ0v) is 28.9. The van der Waals surface area contributed by atoms with Gasteiger partial charge in [0.2, 0.25) is 5.91 Å². The van der Waals surface area contributed by atoms with E-state index in [1.54, 1.807) is 51.1 Å². The Hall–Kier alpha value is -3.26. The lowest BCUT2D eigenvalue weighted by Crippen LogP contribution is -2.42. The van der Waals surface area contributed by atoms with E-state index < -0.39 is 60.2 Å². The summed E-state index contributed by atoms with van der Waals surface area (Å²) in [5, 5.41) is 0. The molecule has 0 radical (unpaired) electrons. The van der Waals surface area contributed by atoms with Gasteiger partial charge in [-0.1, -0.05) is 60.7 Å². The Balaban J connectivity index is 1.97. The largest absolute Gasteiger partial charge is 0.460 e. The van der Waals surface area contributed by atoms with Crippen molar-refractivity contribution >= 4 is 25.6 Å². The second kappa shape index (κ2) is 14.0. The van der Waals surface area contributed by atoms with Gasteiger partial charge in [-0.15, -0.1) is 6.58 Å². The fraction of sp³-hybridized carbons (Fsp3) is 0.514. The smallest absolute Gasteiger partial charge is 0.417 e. The average Bonchev–Trinajstić information content (AvgIpc) is 3.27. The second-order valence-electron chi connectivity index (χ2n) is 14.3. The van der Waals surface area contributed by atoms with Gasteiger partial charge in [0.15, 0.2) is 0 Å². The predicted octanol–water partition coefficient (Wildman–Crippen LogP) is 8.35. The standard InChI is InChI=1S/C35H48NO8P/c1-11-27(25-19-17-24(18-20-25)23-45(40,43-34(5,6)7)44-35(8,9)10)28(21-30(37)42-33(2,3)4)31(38)36-29(22-41-32(36)39)26-15-13-12-14-16-26/h11-20,27-29H,1,21-23H2,2-10H3/t27-,28+,29-/m1/s1. The van der Waals surface area contributed by atoms with Crippen molar-refractivity contribution in [3.63, 3.8) is 0 Å². The maximum atomic E-state index is 14.2. The van der Waals surface area contributed by atoms with E-state index in [1.807, 2.05) is 71.9 Å². The Morgan fingerprint density at radius 3 is 1.98 bits per heavy atom. The van der Waals surface area contributed by atoms with Gasteiger partial charge in [0, 0.05) is 5.92 Å². The van der Waals surface area contributed by atoms with Crippen LogP contribution in [0.15, 0.2) is 67.3 Å². The molecule has 1 saturated heterocycles. The number of ether oxygens (including phenoxy) is 2. The lowest BCUT2D eigenvalue weighted by Gasteiger charge is -2.32. The van der Waals surface area contributed by atoms with E-state index >= 15 is 0 Å². The highest BCUT2D eigenvalue weighted by molar-refractivity contribution is 7.53. The number of nitrogens with zero attached hydrogens (tertiary/aromatic N) is 1. The average molecular weight is 642 g/mol. The van der Waals surface area contributed by atoms with Gasteiger partial charge in [-0.3, -0.25) is 14.2 Å². The molecule has 2 aromatic rings. The first-order chi connectivity index (χ1) is 20.7. The van der Waals surface area contributed by atoms with E-state index in [1.165, 1.54) is 0 Å². The molecular weight excluding hydrogens is 593 g/mol. The fourth-order valence-corrected chi connectivity index (χ4v) is 7.71. The van der Waals surface area contributed by atoms with Crippen LogP contribution in [-0.4, -0.2) is 46.3 Å². The van der Waals surface area contributed by atoms with E-state index in [0.29, 0.717) is 11.1 Å². The van der Waals surface area contributed by atoms with Crippen molar-refractivity contribution in [1.82, 2.24) is 4.90 Å². The molecule has 1 aliphatic rings. The molecule has 2 aromatic carbocycles. The summed E-state index contributed by atoms with van der Waals surface area (Å²) < 4.78 is 36.6. The molecule has 10 heteroatoms. The van der Waals surface area contributed by atoms with Gasteiger partial charge in [-0.05, 0) is 79.0 Å². The van der Waals surface area contributed by atoms with Gasteiger partial charge in [-0.25, -0.2) is 9.69 Å². The number of esters is 1. The Kier molecular flexibility index (Phi) is 11.3. The topological polar surface area (TPSA) is 108 Å². The quantitative estimate of drug-likeness (QED) is 0.137. The zero-order chi connectivity index (χ0) is 33.8. The van der Waals surface area contributed by atoms with Crippen LogP contribution in [-0.2, 0) is 38.8 Å². The van der Waals surface area contributed by atoms with Crippen LogP contribution >= 0.6 is 7.60 Å². The molecule has 1 fully saturated rings. The summed E-state index contributed by atoms with van der Waals surface area (Å²) in [6.45, 7) is 20.2. The van der Waals surface area contributed by atoms with E-state index in [-0.39, 0.29) is 19.2 Å². The minimum atomic E-state index is -3.55. The van der Waals surface area contributed by atoms with Gasteiger partial charge < -0.3 is 18.5 Å². The van der Waals surface area contributed by atoms with Crippen LogP contribution < -0.4 is 0 Å². The molecule has 246 valence electrons. The molecule has 3 rings (SSSR count). The maximum absolute atomic E-state index is 14.2. The Labute approximate surface area is 267 Å². The zero-order valence-electron chi connectivity index (χ0n) is 28.0. The molecule has 0 aliphatic carbocycles. The van der Waals surface area contributed by atoms with Crippen molar-refractivity contribution in [2.75, 3.05) is 6.61 Å². The summed E-state index contributed by atoms with van der Waals surface area (Å²) in [4.78, 5) is 41.4. The van der Waals surface area contributed by atoms with Crippen LogP contribution in [0.1, 0.15) is 97.4 Å². The SMILES string of the molecule is C=C[C@H](c1ccc(CP(=O)(OC(C)(C)C)OC(C)(C)C)cc1)[C@H](CC(=O)OC(C)(C)C)C(=O)N1C(=O)OC[C@@H]1c1ccccc1. The van der Waals surface area contributed by atoms with E-state index in [9.17, 15) is 18.9 Å². The van der Waals surface area contributed by atoms with Gasteiger partial charge in [0.25, 0.3) is 0 Å². The van der Waals surface area contributed by atoms with Crippen LogP contribution in [0.25, 0.3) is 0 Å². The molecule has 0 N–H and O–H groups in total. The summed E-state index contributed by atoms with van der Waals surface area (Å²) in [5.41, 5.74) is -0.0286. The third-order valence-electron chi connectivity index (χ3n) is 6.67. The number of benzene rings is 2. The van der Waals surface area contributed by atoms with Gasteiger partial charge in [0.1, 0.15) is 18.2 Å². The number of rotatable bonds is 11. The molecule has 1 aliphatic heterocycles. The van der Waals surface area contributed by atoms with Crippen LogP contribution in [0.4, 0.5) is 4.79 Å². The number of hydrogen-bond acceptors (Lipinski definition) is 8. The lowest BCUT2D eigenvalue weighted by atomic mass is 9.82. The van der Waals surface area contributed by atoms with Crippen molar-refractivity contribution in [1.29, 1.82) is 0 Å². The highest BCUT2D eigenvalue weighted by Crippen LogP contribution is 2.57. The molecule has 0 spiro atoms. The summed E-state index contributed by atoms with van der Waals surface area (Å²) >= 11 is 0. The summed E-state index contributed by atoms with van der Waals surface area (Å²) in [6, 6.07) is 15.7.